The fraction of sp³-hybridized carbons (Fsp3) is 0.571. The molecule has 0 saturated heterocycles. The molecule has 1 amide bonds. The summed E-state index contributed by atoms with van der Waals surface area (Å²) in [6.45, 7) is 6.25. The zero-order valence-corrected chi connectivity index (χ0v) is 17.4. The third kappa shape index (κ3) is 4.72. The van der Waals surface area contributed by atoms with Crippen molar-refractivity contribution in [2.24, 2.45) is 0 Å². The molecule has 27 heavy (non-hydrogen) atoms. The molecule has 0 atom stereocenters. The Morgan fingerprint density at radius 3 is 2.44 bits per heavy atom. The Balaban J connectivity index is 1.67. The lowest BCUT2D eigenvalue weighted by atomic mass is 9.95. The number of thioether (sulfide) groups is 1. The fourth-order valence-electron chi connectivity index (χ4n) is 3.92. The van der Waals surface area contributed by atoms with Crippen LogP contribution in [0.4, 0.5) is 5.69 Å². The smallest absolute Gasteiger partial charge is 0.234 e. The van der Waals surface area contributed by atoms with Crippen LogP contribution in [0.1, 0.15) is 68.9 Å². The van der Waals surface area contributed by atoms with E-state index < -0.39 is 0 Å². The van der Waals surface area contributed by atoms with Gasteiger partial charge < -0.3 is 9.88 Å². The predicted octanol–water partition coefficient (Wildman–Crippen LogP) is 4.95. The quantitative estimate of drug-likeness (QED) is 0.684. The third-order valence-corrected chi connectivity index (χ3v) is 6.31. The standard InChI is InChI=1S/C21H30N4OS/c1-4-16-10-9-11-17(5-2)20(16)22-19(26)14-27-21-24-23-15(3)25(21)18-12-7-6-8-13-18/h9-11,18H,4-8,12-14H2,1-3H3,(H,22,26). The van der Waals surface area contributed by atoms with Gasteiger partial charge in [0.05, 0.1) is 5.75 Å². The molecule has 0 bridgehead atoms. The van der Waals surface area contributed by atoms with E-state index in [9.17, 15) is 4.79 Å². The Hall–Kier alpha value is -1.82. The van der Waals surface area contributed by atoms with Crippen molar-refractivity contribution in [1.82, 2.24) is 14.8 Å². The van der Waals surface area contributed by atoms with E-state index in [0.29, 0.717) is 11.8 Å². The van der Waals surface area contributed by atoms with Gasteiger partial charge in [0.15, 0.2) is 5.16 Å². The number of amides is 1. The molecule has 1 aromatic heterocycles. The highest BCUT2D eigenvalue weighted by Gasteiger charge is 2.22. The van der Waals surface area contributed by atoms with Crippen LogP contribution in [0.3, 0.4) is 0 Å². The SMILES string of the molecule is CCc1cccc(CC)c1NC(=O)CSc1nnc(C)n1C1CCCCC1. The highest BCUT2D eigenvalue weighted by atomic mass is 32.2. The second kappa shape index (κ2) is 9.40. The van der Waals surface area contributed by atoms with Crippen LogP contribution in [0.15, 0.2) is 23.4 Å². The lowest BCUT2D eigenvalue weighted by molar-refractivity contribution is -0.113. The van der Waals surface area contributed by atoms with Crippen molar-refractivity contribution in [2.45, 2.75) is 76.9 Å². The summed E-state index contributed by atoms with van der Waals surface area (Å²) in [5, 5.41) is 12.6. The number of nitrogens with zero attached hydrogens (tertiary/aromatic N) is 3. The van der Waals surface area contributed by atoms with Gasteiger partial charge in [-0.15, -0.1) is 10.2 Å². The second-order valence-electron chi connectivity index (χ2n) is 7.19. The highest BCUT2D eigenvalue weighted by molar-refractivity contribution is 7.99. The van der Waals surface area contributed by atoms with Crippen LogP contribution >= 0.6 is 11.8 Å². The summed E-state index contributed by atoms with van der Waals surface area (Å²) in [4.78, 5) is 12.6. The molecule has 146 valence electrons. The molecule has 1 N–H and O–H groups in total. The van der Waals surface area contributed by atoms with E-state index in [4.69, 9.17) is 0 Å². The molecule has 0 aliphatic heterocycles. The van der Waals surface area contributed by atoms with Gasteiger partial charge in [0, 0.05) is 11.7 Å². The van der Waals surface area contributed by atoms with E-state index in [1.807, 2.05) is 6.92 Å². The first-order valence-electron chi connectivity index (χ1n) is 10.1. The van der Waals surface area contributed by atoms with Crippen LogP contribution in [0.25, 0.3) is 0 Å². The van der Waals surface area contributed by atoms with Crippen molar-refractivity contribution in [3.8, 4) is 0 Å². The highest BCUT2D eigenvalue weighted by Crippen LogP contribution is 2.32. The van der Waals surface area contributed by atoms with Crippen LogP contribution < -0.4 is 5.32 Å². The second-order valence-corrected chi connectivity index (χ2v) is 8.13. The molecule has 2 aromatic rings. The molecule has 1 aromatic carbocycles. The number of rotatable bonds is 7. The number of benzene rings is 1. The zero-order chi connectivity index (χ0) is 19.2. The number of carbonyl (C=O) groups excluding carboxylic acids is 1. The molecule has 1 aliphatic rings. The Kier molecular flexibility index (Phi) is 6.94. The summed E-state index contributed by atoms with van der Waals surface area (Å²) in [7, 11) is 0. The maximum Gasteiger partial charge on any atom is 0.234 e. The van der Waals surface area contributed by atoms with Gasteiger partial charge in [-0.25, -0.2) is 0 Å². The number of anilines is 1. The molecule has 0 spiro atoms. The normalized spacial score (nSPS) is 15.1. The van der Waals surface area contributed by atoms with Gasteiger partial charge in [-0.1, -0.05) is 63.1 Å². The van der Waals surface area contributed by atoms with Crippen molar-refractivity contribution >= 4 is 23.4 Å². The summed E-state index contributed by atoms with van der Waals surface area (Å²) < 4.78 is 2.24. The monoisotopic (exact) mass is 386 g/mol. The maximum absolute atomic E-state index is 12.6. The fourth-order valence-corrected chi connectivity index (χ4v) is 4.77. The molecule has 3 rings (SSSR count). The van der Waals surface area contributed by atoms with Crippen molar-refractivity contribution in [2.75, 3.05) is 11.1 Å². The molecule has 1 aliphatic carbocycles. The average Bonchev–Trinajstić information content (AvgIpc) is 3.07. The minimum Gasteiger partial charge on any atom is -0.325 e. The molecule has 1 fully saturated rings. The van der Waals surface area contributed by atoms with E-state index in [-0.39, 0.29) is 5.91 Å². The Labute approximate surface area is 166 Å². The van der Waals surface area contributed by atoms with Gasteiger partial charge in [-0.3, -0.25) is 4.79 Å². The van der Waals surface area contributed by atoms with Crippen LogP contribution in [-0.2, 0) is 17.6 Å². The molecular formula is C21H30N4OS. The molecular weight excluding hydrogens is 356 g/mol. The van der Waals surface area contributed by atoms with Gasteiger partial charge in [0.25, 0.3) is 0 Å². The summed E-state index contributed by atoms with van der Waals surface area (Å²) in [6.07, 6.45) is 8.03. The van der Waals surface area contributed by atoms with E-state index >= 15 is 0 Å². The van der Waals surface area contributed by atoms with Crippen molar-refractivity contribution in [3.63, 3.8) is 0 Å². The van der Waals surface area contributed by atoms with Gasteiger partial charge in [0.2, 0.25) is 5.91 Å². The maximum atomic E-state index is 12.6. The van der Waals surface area contributed by atoms with Crippen LogP contribution in [0.2, 0.25) is 0 Å². The van der Waals surface area contributed by atoms with E-state index in [2.05, 4.69) is 52.1 Å². The summed E-state index contributed by atoms with van der Waals surface area (Å²) >= 11 is 1.49. The van der Waals surface area contributed by atoms with Crippen LogP contribution in [0, 0.1) is 6.92 Å². The van der Waals surface area contributed by atoms with Gasteiger partial charge in [-0.2, -0.15) is 0 Å². The van der Waals surface area contributed by atoms with Crippen LogP contribution in [0.5, 0.6) is 0 Å². The first kappa shape index (κ1) is 19.9. The number of para-hydroxylation sites is 1. The average molecular weight is 387 g/mol. The van der Waals surface area contributed by atoms with Gasteiger partial charge >= 0.3 is 0 Å². The Bertz CT molecular complexity index is 758. The largest absolute Gasteiger partial charge is 0.325 e. The topological polar surface area (TPSA) is 59.8 Å². The summed E-state index contributed by atoms with van der Waals surface area (Å²) in [5.74, 6) is 1.33. The lowest BCUT2D eigenvalue weighted by Crippen LogP contribution is -2.18. The predicted molar refractivity (Wildman–Crippen MR) is 111 cm³/mol. The van der Waals surface area contributed by atoms with E-state index in [1.54, 1.807) is 0 Å². The van der Waals surface area contributed by atoms with Crippen LogP contribution in [-0.4, -0.2) is 26.4 Å². The first-order chi connectivity index (χ1) is 13.1. The van der Waals surface area contributed by atoms with Gasteiger partial charge in [0.1, 0.15) is 5.82 Å². The molecule has 0 unspecified atom stereocenters. The first-order valence-corrected chi connectivity index (χ1v) is 11.1. The third-order valence-electron chi connectivity index (χ3n) is 5.37. The number of aryl methyl sites for hydroxylation is 3. The Morgan fingerprint density at radius 2 is 1.81 bits per heavy atom. The van der Waals surface area contributed by atoms with Gasteiger partial charge in [-0.05, 0) is 43.7 Å². The number of aromatic nitrogens is 3. The lowest BCUT2D eigenvalue weighted by Gasteiger charge is -2.25. The molecule has 1 heterocycles. The van der Waals surface area contributed by atoms with Crippen molar-refractivity contribution in [1.29, 1.82) is 0 Å². The summed E-state index contributed by atoms with van der Waals surface area (Å²) in [5.41, 5.74) is 3.36. The van der Waals surface area contributed by atoms with Crippen molar-refractivity contribution < 1.29 is 4.79 Å². The molecule has 1 saturated carbocycles. The van der Waals surface area contributed by atoms with Crippen molar-refractivity contribution in [3.05, 3.63) is 35.2 Å². The number of hydrogen-bond acceptors (Lipinski definition) is 4. The molecule has 5 nitrogen and oxygen atoms in total. The molecule has 0 radical (unpaired) electrons. The van der Waals surface area contributed by atoms with E-state index in [0.717, 1.165) is 29.5 Å². The minimum absolute atomic E-state index is 0.0199. The number of nitrogens with one attached hydrogen (secondary N) is 1. The zero-order valence-electron chi connectivity index (χ0n) is 16.6. The molecule has 6 heteroatoms. The number of carbonyl (C=O) groups is 1. The Morgan fingerprint density at radius 1 is 1.15 bits per heavy atom. The summed E-state index contributed by atoms with van der Waals surface area (Å²) in [6, 6.07) is 6.72. The minimum atomic E-state index is 0.0199. The van der Waals surface area contributed by atoms with E-state index in [1.165, 1.54) is 55.0 Å². The number of hydrogen-bond donors (Lipinski definition) is 1.